The van der Waals surface area contributed by atoms with Crippen LogP contribution in [0.2, 0.25) is 5.02 Å². The van der Waals surface area contributed by atoms with Gasteiger partial charge in [0.1, 0.15) is 17.1 Å². The van der Waals surface area contributed by atoms with Crippen LogP contribution in [0.15, 0.2) is 53.4 Å². The van der Waals surface area contributed by atoms with Crippen molar-refractivity contribution in [2.24, 2.45) is 0 Å². The van der Waals surface area contributed by atoms with Gasteiger partial charge in [0, 0.05) is 17.5 Å². The summed E-state index contributed by atoms with van der Waals surface area (Å²) in [6.45, 7) is 5.44. The number of halogens is 1. The van der Waals surface area contributed by atoms with Crippen LogP contribution in [-0.2, 0) is 21.4 Å². The first-order valence-electron chi connectivity index (χ1n) is 11.8. The molecule has 9 heteroatoms. The zero-order chi connectivity index (χ0) is 25.2. The monoisotopic (exact) mass is 518 g/mol. The highest BCUT2D eigenvalue weighted by Gasteiger charge is 2.25. The minimum atomic E-state index is -3.78. The third kappa shape index (κ3) is 6.18. The Hall–Kier alpha value is -2.55. The fraction of sp³-hybridized carbons (Fsp3) is 0.423. The number of hydrogen-bond acceptors (Lipinski definition) is 5. The van der Waals surface area contributed by atoms with Crippen LogP contribution in [0.3, 0.4) is 0 Å². The van der Waals surface area contributed by atoms with Gasteiger partial charge in [-0.25, -0.2) is 22.5 Å². The van der Waals surface area contributed by atoms with Gasteiger partial charge in [-0.3, -0.25) is 0 Å². The molecule has 2 aromatic carbocycles. The molecule has 0 atom stereocenters. The molecule has 0 saturated heterocycles. The van der Waals surface area contributed by atoms with Crippen molar-refractivity contribution < 1.29 is 22.7 Å². The fourth-order valence-corrected chi connectivity index (χ4v) is 6.09. The highest BCUT2D eigenvalue weighted by molar-refractivity contribution is 7.89. The first kappa shape index (κ1) is 25.5. The van der Waals surface area contributed by atoms with E-state index in [2.05, 4.69) is 4.72 Å². The zero-order valence-electron chi connectivity index (χ0n) is 20.2. The number of carbonyl (C=O) groups excluding carboxylic acids is 1. The number of aromatic nitrogens is 1. The van der Waals surface area contributed by atoms with Crippen LogP contribution < -0.4 is 9.46 Å². The Balaban J connectivity index is 1.58. The molecule has 0 bridgehead atoms. The number of carbonyl (C=O) groups is 1. The van der Waals surface area contributed by atoms with E-state index in [0.717, 1.165) is 37.5 Å². The summed E-state index contributed by atoms with van der Waals surface area (Å²) in [5.41, 5.74) is 0.594. The molecule has 1 aliphatic rings. The Labute approximate surface area is 211 Å². The predicted molar refractivity (Wildman–Crippen MR) is 137 cm³/mol. The van der Waals surface area contributed by atoms with Crippen molar-refractivity contribution in [3.63, 3.8) is 0 Å². The predicted octanol–water partition coefficient (Wildman–Crippen LogP) is 6.27. The average molecular weight is 519 g/mol. The molecule has 1 aliphatic carbocycles. The smallest absolute Gasteiger partial charge is 0.421 e. The summed E-state index contributed by atoms with van der Waals surface area (Å²) in [7, 11) is -3.78. The second-order valence-electron chi connectivity index (χ2n) is 9.87. The van der Waals surface area contributed by atoms with Gasteiger partial charge in [0.25, 0.3) is 0 Å². The van der Waals surface area contributed by atoms with E-state index in [1.54, 1.807) is 39.0 Å². The van der Waals surface area contributed by atoms with Crippen LogP contribution in [0.4, 0.5) is 4.79 Å². The topological polar surface area (TPSA) is 86.6 Å². The molecule has 1 N–H and O–H groups in total. The summed E-state index contributed by atoms with van der Waals surface area (Å²) in [6.07, 6.45) is 4.26. The molecule has 188 valence electrons. The quantitative estimate of drug-likeness (QED) is 0.415. The van der Waals surface area contributed by atoms with E-state index in [9.17, 15) is 13.2 Å². The van der Waals surface area contributed by atoms with Crippen LogP contribution in [0.1, 0.15) is 58.4 Å². The number of hydrogen-bond donors (Lipinski definition) is 1. The molecule has 0 amide bonds. The fourth-order valence-electron chi connectivity index (χ4n) is 4.24. The van der Waals surface area contributed by atoms with E-state index < -0.39 is 21.7 Å². The second-order valence-corrected chi connectivity index (χ2v) is 12.0. The molecule has 1 heterocycles. The van der Waals surface area contributed by atoms with Crippen molar-refractivity contribution >= 4 is 38.6 Å². The summed E-state index contributed by atoms with van der Waals surface area (Å²) in [4.78, 5) is 13.0. The molecule has 0 aliphatic heterocycles. The maximum absolute atomic E-state index is 13.0. The highest BCUT2D eigenvalue weighted by Crippen LogP contribution is 2.29. The first-order chi connectivity index (χ1) is 16.5. The van der Waals surface area contributed by atoms with Gasteiger partial charge in [-0.15, -0.1) is 0 Å². The number of benzene rings is 2. The van der Waals surface area contributed by atoms with Gasteiger partial charge in [-0.2, -0.15) is 0 Å². The van der Waals surface area contributed by atoms with Crippen molar-refractivity contribution in [1.82, 2.24) is 9.29 Å². The Morgan fingerprint density at radius 2 is 1.80 bits per heavy atom. The summed E-state index contributed by atoms with van der Waals surface area (Å²) in [5.74, 6) is 0.306. The molecule has 1 saturated carbocycles. The van der Waals surface area contributed by atoms with Gasteiger partial charge in [-0.05, 0) is 57.4 Å². The molecule has 1 aromatic heterocycles. The van der Waals surface area contributed by atoms with Gasteiger partial charge >= 0.3 is 6.09 Å². The van der Waals surface area contributed by atoms with Crippen molar-refractivity contribution in [2.75, 3.05) is 0 Å². The standard InChI is InChI=1S/C26H31ClN2O5S/c1-26(2,3)34-25(30)29-22-12-8-7-9-19(22)16-24(29)33-17-18-13-14-21(27)23(15-18)35(31,32)28-20-10-5-4-6-11-20/h7-9,12-16,20,28H,4-6,10-11,17H2,1-3H3. The third-order valence-corrected chi connectivity index (χ3v) is 7.85. The van der Waals surface area contributed by atoms with Crippen LogP contribution >= 0.6 is 11.6 Å². The molecule has 0 radical (unpaired) electrons. The normalized spacial score (nSPS) is 15.3. The largest absolute Gasteiger partial charge is 0.474 e. The van der Waals surface area contributed by atoms with E-state index in [4.69, 9.17) is 21.1 Å². The average Bonchev–Trinajstić information content (AvgIpc) is 3.16. The van der Waals surface area contributed by atoms with E-state index in [1.165, 1.54) is 10.6 Å². The molecule has 7 nitrogen and oxygen atoms in total. The third-order valence-electron chi connectivity index (χ3n) is 5.85. The molecular weight excluding hydrogens is 488 g/mol. The Morgan fingerprint density at radius 1 is 1.09 bits per heavy atom. The minimum Gasteiger partial charge on any atom is -0.474 e. The van der Waals surface area contributed by atoms with E-state index in [1.807, 2.05) is 24.3 Å². The van der Waals surface area contributed by atoms with Crippen molar-refractivity contribution in [3.8, 4) is 5.88 Å². The molecular formula is C26H31ClN2O5S. The Bertz CT molecular complexity index is 1320. The number of ether oxygens (including phenoxy) is 2. The molecule has 35 heavy (non-hydrogen) atoms. The van der Waals surface area contributed by atoms with Crippen LogP contribution in [-0.4, -0.2) is 30.7 Å². The lowest BCUT2D eigenvalue weighted by Gasteiger charge is -2.23. The minimum absolute atomic E-state index is 0.0264. The molecule has 4 rings (SSSR count). The second kappa shape index (κ2) is 10.2. The number of nitrogens with zero attached hydrogens (tertiary/aromatic N) is 1. The molecule has 0 spiro atoms. The number of para-hydroxylation sites is 1. The number of sulfonamides is 1. The van der Waals surface area contributed by atoms with Gasteiger partial charge in [0.05, 0.1) is 10.5 Å². The van der Waals surface area contributed by atoms with Crippen molar-refractivity contribution in [3.05, 3.63) is 59.1 Å². The first-order valence-corrected chi connectivity index (χ1v) is 13.7. The Morgan fingerprint density at radius 3 is 2.51 bits per heavy atom. The SMILES string of the molecule is CC(C)(C)OC(=O)n1c(OCc2ccc(Cl)c(S(=O)(=O)NC3CCCCC3)c2)cc2ccccc21. The van der Waals surface area contributed by atoms with Crippen LogP contribution in [0, 0.1) is 0 Å². The zero-order valence-corrected chi connectivity index (χ0v) is 21.8. The van der Waals surface area contributed by atoms with Gasteiger partial charge in [0.2, 0.25) is 15.9 Å². The summed E-state index contributed by atoms with van der Waals surface area (Å²) < 4.78 is 41.8. The van der Waals surface area contributed by atoms with E-state index in [-0.39, 0.29) is 22.6 Å². The molecule has 3 aromatic rings. The number of rotatable bonds is 6. The maximum atomic E-state index is 13.0. The van der Waals surface area contributed by atoms with E-state index in [0.29, 0.717) is 17.0 Å². The summed E-state index contributed by atoms with van der Waals surface area (Å²) >= 11 is 6.27. The van der Waals surface area contributed by atoms with Crippen molar-refractivity contribution in [2.45, 2.75) is 76.0 Å². The van der Waals surface area contributed by atoms with Crippen LogP contribution in [0.5, 0.6) is 5.88 Å². The summed E-state index contributed by atoms with van der Waals surface area (Å²) in [5, 5.41) is 0.976. The lowest BCUT2D eigenvalue weighted by Crippen LogP contribution is -2.36. The molecule has 0 unspecified atom stereocenters. The molecule has 1 fully saturated rings. The van der Waals surface area contributed by atoms with Gasteiger partial charge in [0.15, 0.2) is 0 Å². The maximum Gasteiger partial charge on any atom is 0.421 e. The lowest BCUT2D eigenvalue weighted by atomic mass is 9.96. The van der Waals surface area contributed by atoms with E-state index >= 15 is 0 Å². The van der Waals surface area contributed by atoms with Gasteiger partial charge in [-0.1, -0.05) is 55.1 Å². The highest BCUT2D eigenvalue weighted by atomic mass is 35.5. The van der Waals surface area contributed by atoms with Crippen molar-refractivity contribution in [1.29, 1.82) is 0 Å². The van der Waals surface area contributed by atoms with Crippen LogP contribution in [0.25, 0.3) is 10.9 Å². The Kier molecular flexibility index (Phi) is 7.45. The number of nitrogens with one attached hydrogen (secondary N) is 1. The number of fused-ring (bicyclic) bond motifs is 1. The van der Waals surface area contributed by atoms with Gasteiger partial charge < -0.3 is 9.47 Å². The lowest BCUT2D eigenvalue weighted by molar-refractivity contribution is 0.0527. The summed E-state index contributed by atoms with van der Waals surface area (Å²) in [6, 6.07) is 13.9.